The number of nitrogens with two attached hydrogens (primary N) is 1. The largest absolute Gasteiger partial charge is 0.396 e. The summed E-state index contributed by atoms with van der Waals surface area (Å²) in [6.45, 7) is 0. The molecule has 0 aromatic carbocycles. The number of rotatable bonds is 2. The van der Waals surface area contributed by atoms with Crippen molar-refractivity contribution in [2.45, 2.75) is 18.9 Å². The number of likely N-dealkylation sites (tertiary alicyclic amines) is 1. The first-order valence-corrected chi connectivity index (χ1v) is 5.85. The minimum absolute atomic E-state index is 0.171. The number of nitrogen functional groups attached to an aromatic ring is 1. The quantitative estimate of drug-likeness (QED) is 0.777. The van der Waals surface area contributed by atoms with E-state index >= 15 is 0 Å². The number of likely N-dealkylation sites (N-methyl/N-ethyl adjacent to an activating group) is 1. The van der Waals surface area contributed by atoms with Crippen LogP contribution >= 0.6 is 11.6 Å². The maximum Gasteiger partial charge on any atom is 0.251 e. The van der Waals surface area contributed by atoms with Gasteiger partial charge >= 0.3 is 0 Å². The number of hydrogen-bond acceptors (Lipinski definition) is 5. The van der Waals surface area contributed by atoms with E-state index < -0.39 is 6.04 Å². The van der Waals surface area contributed by atoms with Gasteiger partial charge in [0.25, 0.3) is 5.91 Å². The van der Waals surface area contributed by atoms with E-state index in [0.717, 1.165) is 4.90 Å². The van der Waals surface area contributed by atoms with Gasteiger partial charge in [-0.25, -0.2) is 4.98 Å². The van der Waals surface area contributed by atoms with Crippen molar-refractivity contribution in [3.8, 4) is 0 Å². The molecule has 1 aliphatic heterocycles. The predicted octanol–water partition coefficient (Wildman–Crippen LogP) is 0.876. The lowest BCUT2D eigenvalue weighted by molar-refractivity contribution is -0.146. The van der Waals surface area contributed by atoms with Gasteiger partial charge in [-0.15, -0.1) is 0 Å². The molecule has 3 N–H and O–H groups in total. The molecular weight excluding hydrogens is 256 g/mol. The molecule has 1 unspecified atom stereocenters. The van der Waals surface area contributed by atoms with E-state index in [0.29, 0.717) is 29.4 Å². The van der Waals surface area contributed by atoms with E-state index in [9.17, 15) is 9.59 Å². The Balaban J connectivity index is 2.14. The number of carbonyl (C=O) groups excluding carboxylic acids is 2. The molecule has 6 nitrogen and oxygen atoms in total. The number of piperidine rings is 1. The molecule has 0 saturated carbocycles. The van der Waals surface area contributed by atoms with Gasteiger partial charge in [-0.2, -0.15) is 0 Å². The molecule has 2 amide bonds. The number of halogens is 1. The van der Waals surface area contributed by atoms with Gasteiger partial charge in [0.15, 0.2) is 0 Å². The summed E-state index contributed by atoms with van der Waals surface area (Å²) in [4.78, 5) is 28.3. The average molecular weight is 269 g/mol. The first-order chi connectivity index (χ1) is 8.49. The van der Waals surface area contributed by atoms with Crippen LogP contribution in [0.4, 0.5) is 11.5 Å². The number of hydrogen-bond donors (Lipinski definition) is 2. The zero-order valence-electron chi connectivity index (χ0n) is 9.81. The molecule has 0 aliphatic carbocycles. The second kappa shape index (κ2) is 4.81. The normalized spacial score (nSPS) is 20.1. The third-order valence-corrected chi connectivity index (χ3v) is 3.05. The molecule has 1 aromatic heterocycles. The number of imide groups is 1. The van der Waals surface area contributed by atoms with Crippen LogP contribution in [0.2, 0.25) is 5.02 Å². The average Bonchev–Trinajstić information content (AvgIpc) is 2.33. The number of amides is 2. The lowest BCUT2D eigenvalue weighted by Crippen LogP contribution is -2.48. The highest BCUT2D eigenvalue weighted by Gasteiger charge is 2.32. The Labute approximate surface area is 109 Å². The molecule has 7 heteroatoms. The van der Waals surface area contributed by atoms with E-state index in [1.54, 1.807) is 6.07 Å². The molecule has 2 rings (SSSR count). The highest BCUT2D eigenvalue weighted by Crippen LogP contribution is 2.22. The Morgan fingerprint density at radius 1 is 1.56 bits per heavy atom. The van der Waals surface area contributed by atoms with Crippen molar-refractivity contribution < 1.29 is 9.59 Å². The molecule has 1 atom stereocenters. The zero-order chi connectivity index (χ0) is 13.3. The summed E-state index contributed by atoms with van der Waals surface area (Å²) >= 11 is 5.74. The number of carbonyl (C=O) groups is 2. The fourth-order valence-corrected chi connectivity index (χ4v) is 1.96. The summed E-state index contributed by atoms with van der Waals surface area (Å²) in [6, 6.07) is 1.07. The Morgan fingerprint density at radius 2 is 2.28 bits per heavy atom. The fraction of sp³-hybridized carbons (Fsp3) is 0.364. The van der Waals surface area contributed by atoms with Gasteiger partial charge in [0, 0.05) is 19.7 Å². The van der Waals surface area contributed by atoms with Crippen LogP contribution in [0.3, 0.4) is 0 Å². The predicted molar refractivity (Wildman–Crippen MR) is 68.1 cm³/mol. The third-order valence-electron chi connectivity index (χ3n) is 2.84. The number of anilines is 2. The highest BCUT2D eigenvalue weighted by molar-refractivity contribution is 6.30. The molecule has 1 saturated heterocycles. The molecule has 2 heterocycles. The minimum atomic E-state index is -0.483. The second-order valence-electron chi connectivity index (χ2n) is 4.12. The number of pyridine rings is 1. The van der Waals surface area contributed by atoms with Gasteiger partial charge < -0.3 is 11.1 Å². The van der Waals surface area contributed by atoms with Gasteiger partial charge in [0.2, 0.25) is 5.91 Å². The van der Waals surface area contributed by atoms with Crippen molar-refractivity contribution in [3.63, 3.8) is 0 Å². The second-order valence-corrected chi connectivity index (χ2v) is 4.55. The molecule has 1 aliphatic rings. The Kier molecular flexibility index (Phi) is 3.38. The molecule has 0 bridgehead atoms. The number of nitrogens with one attached hydrogen (secondary N) is 1. The lowest BCUT2D eigenvalue weighted by Gasteiger charge is -2.28. The van der Waals surface area contributed by atoms with Gasteiger partial charge in [-0.3, -0.25) is 14.5 Å². The third kappa shape index (κ3) is 2.38. The minimum Gasteiger partial charge on any atom is -0.396 e. The number of aromatic nitrogens is 1. The number of nitrogens with zero attached hydrogens (tertiary/aromatic N) is 2. The van der Waals surface area contributed by atoms with Crippen molar-refractivity contribution in [1.82, 2.24) is 9.88 Å². The summed E-state index contributed by atoms with van der Waals surface area (Å²) in [5, 5.41) is 3.37. The van der Waals surface area contributed by atoms with Crippen LogP contribution in [0.5, 0.6) is 0 Å². The summed E-state index contributed by atoms with van der Waals surface area (Å²) in [7, 11) is 1.47. The first-order valence-electron chi connectivity index (χ1n) is 5.47. The van der Waals surface area contributed by atoms with Crippen LogP contribution in [-0.2, 0) is 9.59 Å². The van der Waals surface area contributed by atoms with Crippen molar-refractivity contribution >= 4 is 34.9 Å². The van der Waals surface area contributed by atoms with Crippen LogP contribution < -0.4 is 11.1 Å². The van der Waals surface area contributed by atoms with Crippen molar-refractivity contribution in [2.75, 3.05) is 18.1 Å². The van der Waals surface area contributed by atoms with Gasteiger partial charge in [0.05, 0.1) is 10.7 Å². The van der Waals surface area contributed by atoms with E-state index in [1.165, 1.54) is 13.2 Å². The Bertz CT molecular complexity index is 506. The van der Waals surface area contributed by atoms with Gasteiger partial charge in [-0.1, -0.05) is 11.6 Å². The van der Waals surface area contributed by atoms with Crippen LogP contribution in [0.25, 0.3) is 0 Å². The lowest BCUT2D eigenvalue weighted by atomic mass is 10.0. The standard InChI is InChI=1S/C11H13ClN4O2/c1-16-9(17)3-2-8(11(16)18)15-10-7(13)4-6(12)5-14-10/h4-5,8H,2-3,13H2,1H3,(H,14,15). The van der Waals surface area contributed by atoms with E-state index in [1.807, 2.05) is 0 Å². The Hall–Kier alpha value is -1.82. The topological polar surface area (TPSA) is 88.3 Å². The van der Waals surface area contributed by atoms with E-state index in [4.69, 9.17) is 17.3 Å². The van der Waals surface area contributed by atoms with E-state index in [2.05, 4.69) is 10.3 Å². The Morgan fingerprint density at radius 3 is 2.94 bits per heavy atom. The monoisotopic (exact) mass is 268 g/mol. The zero-order valence-corrected chi connectivity index (χ0v) is 10.6. The first kappa shape index (κ1) is 12.6. The highest BCUT2D eigenvalue weighted by atomic mass is 35.5. The summed E-state index contributed by atoms with van der Waals surface area (Å²) in [5.74, 6) is -0.0435. The summed E-state index contributed by atoms with van der Waals surface area (Å²) < 4.78 is 0. The maximum atomic E-state index is 11.9. The summed E-state index contributed by atoms with van der Waals surface area (Å²) in [5.41, 5.74) is 6.11. The summed E-state index contributed by atoms with van der Waals surface area (Å²) in [6.07, 6.45) is 2.21. The van der Waals surface area contributed by atoms with Crippen LogP contribution in [0, 0.1) is 0 Å². The van der Waals surface area contributed by atoms with E-state index in [-0.39, 0.29) is 11.8 Å². The van der Waals surface area contributed by atoms with Crippen LogP contribution in [0.15, 0.2) is 12.3 Å². The molecule has 1 aromatic rings. The van der Waals surface area contributed by atoms with Crippen LogP contribution in [0.1, 0.15) is 12.8 Å². The molecular formula is C11H13ClN4O2. The molecule has 0 spiro atoms. The van der Waals surface area contributed by atoms with Gasteiger partial charge in [-0.05, 0) is 12.5 Å². The fourth-order valence-electron chi connectivity index (χ4n) is 1.79. The van der Waals surface area contributed by atoms with Gasteiger partial charge in [0.1, 0.15) is 11.9 Å². The van der Waals surface area contributed by atoms with Crippen molar-refractivity contribution in [1.29, 1.82) is 0 Å². The molecule has 0 radical (unpaired) electrons. The smallest absolute Gasteiger partial charge is 0.251 e. The molecule has 1 fully saturated rings. The molecule has 96 valence electrons. The SMILES string of the molecule is CN1C(=O)CCC(Nc2ncc(Cl)cc2N)C1=O. The van der Waals surface area contributed by atoms with Crippen molar-refractivity contribution in [3.05, 3.63) is 17.3 Å². The maximum absolute atomic E-state index is 11.9. The van der Waals surface area contributed by atoms with Crippen LogP contribution in [-0.4, -0.2) is 34.8 Å². The molecule has 18 heavy (non-hydrogen) atoms. The van der Waals surface area contributed by atoms with Crippen molar-refractivity contribution in [2.24, 2.45) is 0 Å².